The van der Waals surface area contributed by atoms with E-state index in [1.165, 1.54) is 12.1 Å². The van der Waals surface area contributed by atoms with E-state index in [4.69, 9.17) is 4.42 Å². The summed E-state index contributed by atoms with van der Waals surface area (Å²) in [6, 6.07) is 4.59. The van der Waals surface area contributed by atoms with Crippen molar-refractivity contribution in [3.05, 3.63) is 42.1 Å². The molecule has 2 aromatic rings. The van der Waals surface area contributed by atoms with Gasteiger partial charge in [-0.05, 0) is 18.2 Å². The number of alkyl halides is 3. The fourth-order valence-electron chi connectivity index (χ4n) is 1.37. The third-order valence-corrected chi connectivity index (χ3v) is 2.16. The smallest absolute Gasteiger partial charge is 0.414 e. The SMILES string of the molecule is O=C(NOCC(F)(F)F)c1ccc(Cn2cccn2)o1. The summed E-state index contributed by atoms with van der Waals surface area (Å²) in [5, 5.41) is 3.95. The van der Waals surface area contributed by atoms with Gasteiger partial charge in [0.1, 0.15) is 5.76 Å². The summed E-state index contributed by atoms with van der Waals surface area (Å²) >= 11 is 0. The van der Waals surface area contributed by atoms with Crippen LogP contribution in [0.1, 0.15) is 16.3 Å². The predicted octanol–water partition coefficient (Wildman–Crippen LogP) is 1.75. The lowest BCUT2D eigenvalue weighted by Gasteiger charge is -2.06. The van der Waals surface area contributed by atoms with Gasteiger partial charge in [0.2, 0.25) is 0 Å². The van der Waals surface area contributed by atoms with Crippen molar-refractivity contribution in [2.24, 2.45) is 0 Å². The number of hydrogen-bond acceptors (Lipinski definition) is 4. The van der Waals surface area contributed by atoms with Crippen LogP contribution < -0.4 is 5.48 Å². The fourth-order valence-corrected chi connectivity index (χ4v) is 1.37. The lowest BCUT2D eigenvalue weighted by atomic mass is 10.4. The van der Waals surface area contributed by atoms with Crippen molar-refractivity contribution in [1.29, 1.82) is 0 Å². The maximum Gasteiger partial charge on any atom is 0.414 e. The van der Waals surface area contributed by atoms with Crippen LogP contribution in [0.25, 0.3) is 0 Å². The number of nitrogens with one attached hydrogen (secondary N) is 1. The van der Waals surface area contributed by atoms with Crippen molar-refractivity contribution < 1.29 is 27.2 Å². The van der Waals surface area contributed by atoms with Crippen LogP contribution in [0, 0.1) is 0 Å². The van der Waals surface area contributed by atoms with Crippen molar-refractivity contribution in [3.8, 4) is 0 Å². The molecule has 1 amide bonds. The number of hydroxylamine groups is 1. The van der Waals surface area contributed by atoms with Gasteiger partial charge in [-0.1, -0.05) is 0 Å². The van der Waals surface area contributed by atoms with Gasteiger partial charge in [-0.25, -0.2) is 5.48 Å². The summed E-state index contributed by atoms with van der Waals surface area (Å²) < 4.78 is 42.2. The summed E-state index contributed by atoms with van der Waals surface area (Å²) in [6.07, 6.45) is -1.22. The predicted molar refractivity (Wildman–Crippen MR) is 59.5 cm³/mol. The number of nitrogens with zero attached hydrogens (tertiary/aromatic N) is 2. The molecule has 20 heavy (non-hydrogen) atoms. The molecule has 0 saturated heterocycles. The molecular formula is C11H10F3N3O3. The Balaban J connectivity index is 1.86. The molecule has 0 aromatic carbocycles. The summed E-state index contributed by atoms with van der Waals surface area (Å²) in [6.45, 7) is -1.26. The highest BCUT2D eigenvalue weighted by Crippen LogP contribution is 2.14. The van der Waals surface area contributed by atoms with E-state index in [9.17, 15) is 18.0 Å². The minimum Gasteiger partial charge on any atom is -0.454 e. The Kier molecular flexibility index (Phi) is 4.08. The third kappa shape index (κ3) is 4.12. The maximum atomic E-state index is 11.8. The molecule has 2 heterocycles. The number of amides is 1. The Labute approximate surface area is 111 Å². The fraction of sp³-hybridized carbons (Fsp3) is 0.273. The molecule has 1 N–H and O–H groups in total. The number of carbonyl (C=O) groups is 1. The van der Waals surface area contributed by atoms with E-state index in [0.29, 0.717) is 12.3 Å². The molecule has 0 bridgehead atoms. The number of carbonyl (C=O) groups excluding carboxylic acids is 1. The van der Waals surface area contributed by atoms with Crippen LogP contribution in [-0.4, -0.2) is 28.5 Å². The van der Waals surface area contributed by atoms with Crippen molar-refractivity contribution in [2.45, 2.75) is 12.7 Å². The van der Waals surface area contributed by atoms with Crippen LogP contribution in [0.5, 0.6) is 0 Å². The minimum atomic E-state index is -4.51. The van der Waals surface area contributed by atoms with Crippen LogP contribution in [0.3, 0.4) is 0 Å². The Bertz CT molecular complexity index is 563. The van der Waals surface area contributed by atoms with Gasteiger partial charge < -0.3 is 4.42 Å². The average molecular weight is 289 g/mol. The summed E-state index contributed by atoms with van der Waals surface area (Å²) in [5.41, 5.74) is 1.65. The zero-order valence-corrected chi connectivity index (χ0v) is 10.1. The Morgan fingerprint density at radius 1 is 1.45 bits per heavy atom. The first-order valence-corrected chi connectivity index (χ1v) is 5.49. The lowest BCUT2D eigenvalue weighted by Crippen LogP contribution is -2.29. The molecular weight excluding hydrogens is 279 g/mol. The number of furan rings is 1. The average Bonchev–Trinajstić information content (AvgIpc) is 2.99. The first kappa shape index (κ1) is 14.1. The first-order valence-electron chi connectivity index (χ1n) is 5.49. The number of aromatic nitrogens is 2. The molecule has 6 nitrogen and oxygen atoms in total. The molecule has 0 saturated carbocycles. The van der Waals surface area contributed by atoms with Crippen molar-refractivity contribution in [2.75, 3.05) is 6.61 Å². The van der Waals surface area contributed by atoms with Crippen LogP contribution in [-0.2, 0) is 11.4 Å². The first-order chi connectivity index (χ1) is 9.44. The van der Waals surface area contributed by atoms with Gasteiger partial charge >= 0.3 is 12.1 Å². The maximum absolute atomic E-state index is 11.8. The Hall–Kier alpha value is -2.29. The largest absolute Gasteiger partial charge is 0.454 e. The second-order valence-corrected chi connectivity index (χ2v) is 3.80. The molecule has 0 aliphatic rings. The topological polar surface area (TPSA) is 69.3 Å². The highest BCUT2D eigenvalue weighted by Gasteiger charge is 2.28. The number of rotatable bonds is 5. The molecule has 2 aromatic heterocycles. The van der Waals surface area contributed by atoms with Gasteiger partial charge in [-0.15, -0.1) is 0 Å². The summed E-state index contributed by atoms with van der Waals surface area (Å²) in [4.78, 5) is 15.5. The quantitative estimate of drug-likeness (QED) is 0.851. The molecule has 0 spiro atoms. The molecule has 9 heteroatoms. The Morgan fingerprint density at radius 3 is 2.90 bits per heavy atom. The molecule has 0 unspecified atom stereocenters. The van der Waals surface area contributed by atoms with Crippen molar-refractivity contribution >= 4 is 5.91 Å². The zero-order valence-electron chi connectivity index (χ0n) is 10.1. The zero-order chi connectivity index (χ0) is 14.6. The molecule has 108 valence electrons. The second-order valence-electron chi connectivity index (χ2n) is 3.80. The van der Waals surface area contributed by atoms with E-state index in [-0.39, 0.29) is 5.76 Å². The van der Waals surface area contributed by atoms with Gasteiger partial charge in [0.05, 0.1) is 6.54 Å². The minimum absolute atomic E-state index is 0.144. The van der Waals surface area contributed by atoms with Gasteiger partial charge in [-0.3, -0.25) is 14.3 Å². The molecule has 0 fully saturated rings. The number of halogens is 3. The number of hydrogen-bond donors (Lipinski definition) is 1. The van der Waals surface area contributed by atoms with E-state index >= 15 is 0 Å². The molecule has 0 aliphatic heterocycles. The molecule has 0 aliphatic carbocycles. The van der Waals surface area contributed by atoms with Gasteiger partial charge in [0, 0.05) is 12.4 Å². The van der Waals surface area contributed by atoms with Gasteiger partial charge in [0.15, 0.2) is 12.4 Å². The molecule has 2 rings (SSSR count). The Morgan fingerprint density at radius 2 is 2.25 bits per heavy atom. The van der Waals surface area contributed by atoms with Crippen molar-refractivity contribution in [3.63, 3.8) is 0 Å². The molecule has 0 atom stereocenters. The third-order valence-electron chi connectivity index (χ3n) is 2.16. The summed E-state index contributed by atoms with van der Waals surface area (Å²) in [5.74, 6) is -0.593. The van der Waals surface area contributed by atoms with E-state index < -0.39 is 18.7 Å². The van der Waals surface area contributed by atoms with Crippen LogP contribution >= 0.6 is 0 Å². The van der Waals surface area contributed by atoms with Crippen LogP contribution in [0.15, 0.2) is 35.0 Å². The van der Waals surface area contributed by atoms with Crippen LogP contribution in [0.4, 0.5) is 13.2 Å². The van der Waals surface area contributed by atoms with Crippen molar-refractivity contribution in [1.82, 2.24) is 15.3 Å². The summed E-state index contributed by atoms with van der Waals surface area (Å²) in [7, 11) is 0. The lowest BCUT2D eigenvalue weighted by molar-refractivity contribution is -0.184. The van der Waals surface area contributed by atoms with E-state index in [2.05, 4.69) is 9.94 Å². The second kappa shape index (κ2) is 5.78. The normalized spacial score (nSPS) is 11.6. The van der Waals surface area contributed by atoms with Crippen LogP contribution in [0.2, 0.25) is 0 Å². The molecule has 0 radical (unpaired) electrons. The monoisotopic (exact) mass is 289 g/mol. The van der Waals surface area contributed by atoms with Gasteiger partial charge in [0.25, 0.3) is 0 Å². The van der Waals surface area contributed by atoms with E-state index in [1.807, 2.05) is 0 Å². The van der Waals surface area contributed by atoms with E-state index in [0.717, 1.165) is 0 Å². The van der Waals surface area contributed by atoms with Gasteiger partial charge in [-0.2, -0.15) is 18.3 Å². The van der Waals surface area contributed by atoms with E-state index in [1.54, 1.807) is 28.6 Å². The highest BCUT2D eigenvalue weighted by molar-refractivity contribution is 5.90. The highest BCUT2D eigenvalue weighted by atomic mass is 19.4. The standard InChI is InChI=1S/C11H10F3N3O3/c12-11(13,14)7-19-16-10(18)9-3-2-8(20-9)6-17-5-1-4-15-17/h1-5H,6-7H2,(H,16,18).